The third kappa shape index (κ3) is 3.58. The number of thiazole rings is 1. The Bertz CT molecular complexity index is 449. The summed E-state index contributed by atoms with van der Waals surface area (Å²) in [5, 5.41) is 18.8. The zero-order valence-corrected chi connectivity index (χ0v) is 11.7. The molecule has 2 heterocycles. The highest BCUT2D eigenvalue weighted by Gasteiger charge is 2.14. The summed E-state index contributed by atoms with van der Waals surface area (Å²) in [6.07, 6.45) is 1.69. The predicted octanol–water partition coefficient (Wildman–Crippen LogP) is 0.738. The van der Waals surface area contributed by atoms with Crippen molar-refractivity contribution in [1.82, 2.24) is 30.5 Å². The van der Waals surface area contributed by atoms with Crippen LogP contribution in [0.3, 0.4) is 0 Å². The summed E-state index contributed by atoms with van der Waals surface area (Å²) < 4.78 is 0. The van der Waals surface area contributed by atoms with Crippen LogP contribution in [0.1, 0.15) is 23.4 Å². The molecule has 6 nitrogen and oxygen atoms in total. The average molecular weight is 266 g/mol. The van der Waals surface area contributed by atoms with Crippen molar-refractivity contribution in [2.45, 2.75) is 32.7 Å². The number of nitrogens with one attached hydrogen (secondary N) is 1. The quantitative estimate of drug-likeness (QED) is 0.835. The molecule has 0 radical (unpaired) electrons. The standard InChI is InChI=1S/C11H18N6S/c1-4-12-9(5-10-14-16-17(3)15-10)6-11-13-8(2)7-18-11/h7,9,12H,4-6H2,1-3H3. The summed E-state index contributed by atoms with van der Waals surface area (Å²) in [5.41, 5.74) is 1.09. The van der Waals surface area contributed by atoms with E-state index in [2.05, 4.69) is 38.0 Å². The van der Waals surface area contributed by atoms with E-state index in [0.717, 1.165) is 35.9 Å². The van der Waals surface area contributed by atoms with Gasteiger partial charge in [-0.15, -0.1) is 21.5 Å². The molecule has 0 fully saturated rings. The van der Waals surface area contributed by atoms with Crippen molar-refractivity contribution < 1.29 is 0 Å². The van der Waals surface area contributed by atoms with Crippen LogP contribution in [0.5, 0.6) is 0 Å². The van der Waals surface area contributed by atoms with E-state index >= 15 is 0 Å². The Morgan fingerprint density at radius 2 is 2.28 bits per heavy atom. The number of likely N-dealkylation sites (N-methyl/N-ethyl adjacent to an activating group) is 1. The van der Waals surface area contributed by atoms with Gasteiger partial charge in [0.05, 0.1) is 12.1 Å². The Hall–Kier alpha value is -1.34. The molecule has 18 heavy (non-hydrogen) atoms. The molecule has 0 aromatic carbocycles. The Kier molecular flexibility index (Phi) is 4.38. The van der Waals surface area contributed by atoms with Gasteiger partial charge in [0, 0.05) is 30.0 Å². The first kappa shape index (κ1) is 13.1. The third-order valence-corrected chi connectivity index (χ3v) is 3.55. The fraction of sp³-hybridized carbons (Fsp3) is 0.636. The van der Waals surface area contributed by atoms with Crippen molar-refractivity contribution >= 4 is 11.3 Å². The lowest BCUT2D eigenvalue weighted by Crippen LogP contribution is -2.33. The van der Waals surface area contributed by atoms with Gasteiger partial charge < -0.3 is 5.32 Å². The monoisotopic (exact) mass is 266 g/mol. The van der Waals surface area contributed by atoms with Crippen molar-refractivity contribution in [1.29, 1.82) is 0 Å². The van der Waals surface area contributed by atoms with Gasteiger partial charge in [-0.3, -0.25) is 0 Å². The molecule has 1 unspecified atom stereocenters. The zero-order chi connectivity index (χ0) is 13.0. The van der Waals surface area contributed by atoms with Gasteiger partial charge in [-0.1, -0.05) is 6.92 Å². The molecule has 0 aliphatic carbocycles. The van der Waals surface area contributed by atoms with Gasteiger partial charge in [-0.05, 0) is 18.7 Å². The molecule has 1 atom stereocenters. The Labute approximate surface area is 110 Å². The van der Waals surface area contributed by atoms with Crippen molar-refractivity contribution in [3.63, 3.8) is 0 Å². The lowest BCUT2D eigenvalue weighted by molar-refractivity contribution is 0.508. The first-order valence-corrected chi connectivity index (χ1v) is 6.92. The summed E-state index contributed by atoms with van der Waals surface area (Å²) in [5.74, 6) is 0.775. The first-order chi connectivity index (χ1) is 8.67. The van der Waals surface area contributed by atoms with Crippen LogP contribution in [-0.2, 0) is 19.9 Å². The third-order valence-electron chi connectivity index (χ3n) is 2.56. The lowest BCUT2D eigenvalue weighted by Gasteiger charge is -2.14. The Morgan fingerprint density at radius 1 is 1.44 bits per heavy atom. The van der Waals surface area contributed by atoms with Crippen LogP contribution in [0.15, 0.2) is 5.38 Å². The molecule has 0 aliphatic rings. The molecule has 2 rings (SSSR count). The van der Waals surface area contributed by atoms with E-state index in [1.54, 1.807) is 18.4 Å². The maximum absolute atomic E-state index is 4.50. The van der Waals surface area contributed by atoms with E-state index in [1.165, 1.54) is 4.80 Å². The van der Waals surface area contributed by atoms with Gasteiger partial charge in [-0.2, -0.15) is 4.80 Å². The molecule has 2 aromatic heterocycles. The lowest BCUT2D eigenvalue weighted by atomic mass is 10.1. The molecular weight excluding hydrogens is 248 g/mol. The van der Waals surface area contributed by atoms with Gasteiger partial charge in [0.15, 0.2) is 5.82 Å². The molecule has 0 bridgehead atoms. The van der Waals surface area contributed by atoms with E-state index < -0.39 is 0 Å². The number of hydrogen-bond acceptors (Lipinski definition) is 6. The highest BCUT2D eigenvalue weighted by atomic mass is 32.1. The van der Waals surface area contributed by atoms with E-state index in [0.29, 0.717) is 6.04 Å². The van der Waals surface area contributed by atoms with Crippen molar-refractivity contribution in [3.8, 4) is 0 Å². The van der Waals surface area contributed by atoms with Crippen LogP contribution in [0, 0.1) is 6.92 Å². The molecule has 2 aromatic rings. The minimum atomic E-state index is 0.310. The normalized spacial score (nSPS) is 12.8. The minimum Gasteiger partial charge on any atom is -0.313 e. The van der Waals surface area contributed by atoms with Gasteiger partial charge in [0.25, 0.3) is 0 Å². The van der Waals surface area contributed by atoms with Crippen molar-refractivity contribution in [3.05, 3.63) is 21.9 Å². The van der Waals surface area contributed by atoms with E-state index in [9.17, 15) is 0 Å². The molecule has 0 aliphatic heterocycles. The highest BCUT2D eigenvalue weighted by Crippen LogP contribution is 2.12. The van der Waals surface area contributed by atoms with E-state index in [1.807, 2.05) is 6.92 Å². The molecule has 0 amide bonds. The predicted molar refractivity (Wildman–Crippen MR) is 70.5 cm³/mol. The van der Waals surface area contributed by atoms with E-state index in [-0.39, 0.29) is 0 Å². The summed E-state index contributed by atoms with van der Waals surface area (Å²) in [7, 11) is 1.78. The molecule has 7 heteroatoms. The van der Waals surface area contributed by atoms with Crippen LogP contribution in [0.4, 0.5) is 0 Å². The van der Waals surface area contributed by atoms with Crippen molar-refractivity contribution in [2.75, 3.05) is 6.54 Å². The summed E-state index contributed by atoms with van der Waals surface area (Å²) in [6, 6.07) is 0.310. The Balaban J connectivity index is 1.99. The summed E-state index contributed by atoms with van der Waals surface area (Å²) >= 11 is 1.71. The number of aryl methyl sites for hydroxylation is 2. The summed E-state index contributed by atoms with van der Waals surface area (Å²) in [6.45, 7) is 5.05. The second-order valence-corrected chi connectivity index (χ2v) is 5.18. The van der Waals surface area contributed by atoms with Crippen LogP contribution in [0.25, 0.3) is 0 Å². The van der Waals surface area contributed by atoms with Crippen LogP contribution in [-0.4, -0.2) is 37.8 Å². The number of rotatable bonds is 6. The number of nitrogens with zero attached hydrogens (tertiary/aromatic N) is 5. The molecule has 1 N–H and O–H groups in total. The van der Waals surface area contributed by atoms with E-state index in [4.69, 9.17) is 0 Å². The smallest absolute Gasteiger partial charge is 0.176 e. The topological polar surface area (TPSA) is 68.5 Å². The van der Waals surface area contributed by atoms with Gasteiger partial charge >= 0.3 is 0 Å². The highest BCUT2D eigenvalue weighted by molar-refractivity contribution is 7.09. The van der Waals surface area contributed by atoms with Gasteiger partial charge in [0.1, 0.15) is 0 Å². The molecule has 98 valence electrons. The molecule has 0 spiro atoms. The van der Waals surface area contributed by atoms with Gasteiger partial charge in [-0.25, -0.2) is 4.98 Å². The Morgan fingerprint density at radius 3 is 2.83 bits per heavy atom. The zero-order valence-electron chi connectivity index (χ0n) is 10.9. The fourth-order valence-corrected chi connectivity index (χ4v) is 2.69. The molecule has 0 saturated carbocycles. The van der Waals surface area contributed by atoms with Crippen LogP contribution >= 0.6 is 11.3 Å². The SMILES string of the molecule is CCNC(Cc1nnn(C)n1)Cc1nc(C)cs1. The van der Waals surface area contributed by atoms with Crippen LogP contribution < -0.4 is 5.32 Å². The first-order valence-electron chi connectivity index (χ1n) is 6.04. The molecular formula is C11H18N6S. The van der Waals surface area contributed by atoms with Crippen LogP contribution in [0.2, 0.25) is 0 Å². The minimum absolute atomic E-state index is 0.310. The maximum atomic E-state index is 4.50. The number of aromatic nitrogens is 5. The second kappa shape index (κ2) is 6.01. The number of tetrazole rings is 1. The second-order valence-electron chi connectivity index (χ2n) is 4.24. The fourth-order valence-electron chi connectivity index (χ4n) is 1.84. The largest absolute Gasteiger partial charge is 0.313 e. The summed E-state index contributed by atoms with van der Waals surface area (Å²) in [4.78, 5) is 5.99. The molecule has 0 saturated heterocycles. The maximum Gasteiger partial charge on any atom is 0.176 e. The van der Waals surface area contributed by atoms with Crippen molar-refractivity contribution in [2.24, 2.45) is 7.05 Å². The van der Waals surface area contributed by atoms with Gasteiger partial charge in [0.2, 0.25) is 0 Å². The average Bonchev–Trinajstić information content (AvgIpc) is 2.89. The number of hydrogen-bond donors (Lipinski definition) is 1.